The predicted octanol–water partition coefficient (Wildman–Crippen LogP) is -1.38. The first-order valence-corrected chi connectivity index (χ1v) is 11.1. The van der Waals surface area contributed by atoms with Crippen LogP contribution in [-0.2, 0) is 29.7 Å². The minimum absolute atomic E-state index is 0.0134. The van der Waals surface area contributed by atoms with Crippen LogP contribution in [0.2, 0.25) is 0 Å². The van der Waals surface area contributed by atoms with E-state index in [9.17, 15) is 25.3 Å². The maximum atomic E-state index is 12.3. The van der Waals surface area contributed by atoms with Crippen molar-refractivity contribution in [2.24, 2.45) is 0 Å². The molecule has 0 aliphatic carbocycles. The monoisotopic (exact) mass is 331 g/mol. The second-order valence-corrected chi connectivity index (χ2v) is 11.9. The molecule has 19 heavy (non-hydrogen) atoms. The van der Waals surface area contributed by atoms with Gasteiger partial charge in [-0.2, -0.15) is 0 Å². The van der Waals surface area contributed by atoms with Gasteiger partial charge in [0.1, 0.15) is 0 Å². The molecule has 0 aromatic rings. The van der Waals surface area contributed by atoms with Crippen LogP contribution in [0, 0.1) is 0 Å². The zero-order chi connectivity index (χ0) is 14.5. The fourth-order valence-electron chi connectivity index (χ4n) is 2.50. The van der Waals surface area contributed by atoms with E-state index in [0.29, 0.717) is 0 Å². The summed E-state index contributed by atoms with van der Waals surface area (Å²) < 4.78 is 71.1. The van der Waals surface area contributed by atoms with Gasteiger partial charge in [0.05, 0.1) is 28.3 Å². The van der Waals surface area contributed by atoms with Gasteiger partial charge in [-0.3, -0.25) is 0 Å². The summed E-state index contributed by atoms with van der Waals surface area (Å²) in [7, 11) is -8.87. The van der Waals surface area contributed by atoms with Gasteiger partial charge in [0.25, 0.3) is 0 Å². The number of hydrogen-bond acceptors (Lipinski definition) is 6. The van der Waals surface area contributed by atoms with Crippen LogP contribution >= 0.6 is 0 Å². The highest BCUT2D eigenvalue weighted by Crippen LogP contribution is 2.26. The Bertz CT molecular complexity index is 663. The fourth-order valence-corrected chi connectivity index (χ4v) is 8.85. The predicted molar refractivity (Wildman–Crippen MR) is 70.8 cm³/mol. The number of nitrogens with zero attached hydrogens (tertiary/aromatic N) is 1. The van der Waals surface area contributed by atoms with Gasteiger partial charge in [-0.15, -0.1) is 0 Å². The maximum absolute atomic E-state index is 12.3. The van der Waals surface area contributed by atoms with Gasteiger partial charge in [0, 0.05) is 13.1 Å². The van der Waals surface area contributed by atoms with Crippen LogP contribution in [-0.4, -0.2) is 70.9 Å². The van der Waals surface area contributed by atoms with Crippen molar-refractivity contribution in [1.82, 2.24) is 4.31 Å². The fraction of sp³-hybridized carbons (Fsp3) is 1.00. The smallest absolute Gasteiger partial charge is 0.218 e. The lowest BCUT2D eigenvalue weighted by molar-refractivity contribution is 0.388. The zero-order valence-corrected chi connectivity index (χ0v) is 13.0. The summed E-state index contributed by atoms with van der Waals surface area (Å²) in [6.45, 7) is 0. The minimum Gasteiger partial charge on any atom is -0.229 e. The molecule has 0 saturated carbocycles. The molecule has 0 N–H and O–H groups in total. The zero-order valence-electron chi connectivity index (χ0n) is 10.5. The molecule has 2 rings (SSSR count). The van der Waals surface area contributed by atoms with Crippen molar-refractivity contribution in [1.29, 1.82) is 0 Å². The van der Waals surface area contributed by atoms with Crippen LogP contribution in [0.25, 0.3) is 0 Å². The molecule has 10 heteroatoms. The van der Waals surface area contributed by atoms with E-state index in [-0.39, 0.29) is 35.9 Å². The quantitative estimate of drug-likeness (QED) is 0.631. The summed E-state index contributed by atoms with van der Waals surface area (Å²) in [6, 6.07) is -0.571. The van der Waals surface area contributed by atoms with Crippen molar-refractivity contribution in [3.63, 3.8) is 0 Å². The molecule has 2 atom stereocenters. The third-order valence-corrected chi connectivity index (χ3v) is 9.81. The molecule has 7 nitrogen and oxygen atoms in total. The summed E-state index contributed by atoms with van der Waals surface area (Å²) in [4.78, 5) is 0. The Morgan fingerprint density at radius 3 is 1.89 bits per heavy atom. The van der Waals surface area contributed by atoms with Crippen LogP contribution in [0.4, 0.5) is 0 Å². The molecule has 2 fully saturated rings. The van der Waals surface area contributed by atoms with E-state index >= 15 is 0 Å². The van der Waals surface area contributed by atoms with Crippen molar-refractivity contribution in [2.45, 2.75) is 24.1 Å². The van der Waals surface area contributed by atoms with Crippen LogP contribution in [0.1, 0.15) is 12.8 Å². The van der Waals surface area contributed by atoms with Gasteiger partial charge in [0.2, 0.25) is 10.0 Å². The van der Waals surface area contributed by atoms with Crippen molar-refractivity contribution < 1.29 is 25.3 Å². The molecule has 0 aromatic heterocycles. The van der Waals surface area contributed by atoms with E-state index in [0.717, 1.165) is 4.31 Å². The highest BCUT2D eigenvalue weighted by Gasteiger charge is 2.43. The van der Waals surface area contributed by atoms with Gasteiger partial charge in [-0.25, -0.2) is 29.6 Å². The molecule has 0 bridgehead atoms. The Labute approximate surface area is 113 Å². The molecule has 2 aliphatic rings. The normalized spacial score (nSPS) is 33.8. The second kappa shape index (κ2) is 4.68. The van der Waals surface area contributed by atoms with Gasteiger partial charge in [-0.05, 0) is 12.8 Å². The first-order valence-electron chi connectivity index (χ1n) is 5.91. The Morgan fingerprint density at radius 2 is 1.47 bits per heavy atom. The Morgan fingerprint density at radius 1 is 0.947 bits per heavy atom. The van der Waals surface area contributed by atoms with E-state index in [4.69, 9.17) is 0 Å². The van der Waals surface area contributed by atoms with E-state index in [1.54, 1.807) is 0 Å². The lowest BCUT2D eigenvalue weighted by Crippen LogP contribution is -2.43. The molecule has 0 unspecified atom stereocenters. The van der Waals surface area contributed by atoms with Gasteiger partial charge < -0.3 is 0 Å². The van der Waals surface area contributed by atoms with Crippen LogP contribution in [0.3, 0.4) is 0 Å². The van der Waals surface area contributed by atoms with Crippen molar-refractivity contribution in [2.75, 3.05) is 30.1 Å². The highest BCUT2D eigenvalue weighted by molar-refractivity contribution is 7.95. The van der Waals surface area contributed by atoms with Crippen molar-refractivity contribution >= 4 is 29.7 Å². The molecule has 0 radical (unpaired) electrons. The number of sulfone groups is 2. The molecule has 0 aromatic carbocycles. The van der Waals surface area contributed by atoms with E-state index < -0.39 is 41.0 Å². The number of sulfonamides is 1. The summed E-state index contributed by atoms with van der Waals surface area (Å²) in [5, 5.41) is -0.939. The summed E-state index contributed by atoms with van der Waals surface area (Å²) in [5.41, 5.74) is 0. The molecule has 0 spiro atoms. The van der Waals surface area contributed by atoms with Crippen molar-refractivity contribution in [3.05, 3.63) is 0 Å². The largest absolute Gasteiger partial charge is 0.229 e. The lowest BCUT2D eigenvalue weighted by atomic mass is 10.3. The third kappa shape index (κ3) is 3.11. The van der Waals surface area contributed by atoms with Crippen LogP contribution in [0.5, 0.6) is 0 Å². The molecule has 2 saturated heterocycles. The molecular weight excluding hydrogens is 314 g/mol. The molecule has 112 valence electrons. The minimum atomic E-state index is -3.75. The van der Waals surface area contributed by atoms with Crippen molar-refractivity contribution in [3.8, 4) is 0 Å². The average Bonchev–Trinajstić information content (AvgIpc) is 2.80. The standard InChI is InChI=1S/C9H17NO6S3/c1-10(8-2-4-17(11,12)6-8)19(15,16)9-3-5-18(13,14)7-9/h8-9H,2-7H2,1H3/t8-,9+/m0/s1. The second-order valence-electron chi connectivity index (χ2n) is 5.14. The lowest BCUT2D eigenvalue weighted by Gasteiger charge is -2.25. The molecular formula is C9H17NO6S3. The van der Waals surface area contributed by atoms with E-state index in [2.05, 4.69) is 0 Å². The maximum Gasteiger partial charge on any atom is 0.218 e. The number of rotatable bonds is 3. The third-order valence-electron chi connectivity index (χ3n) is 3.74. The van der Waals surface area contributed by atoms with E-state index in [1.807, 2.05) is 0 Å². The summed E-state index contributed by atoms with van der Waals surface area (Å²) in [6.07, 6.45) is 0.367. The Hall–Kier alpha value is -0.190. The first kappa shape index (κ1) is 15.2. The topological polar surface area (TPSA) is 106 Å². The Kier molecular flexibility index (Phi) is 3.74. The van der Waals surface area contributed by atoms with Gasteiger partial charge in [-0.1, -0.05) is 0 Å². The molecule has 2 heterocycles. The van der Waals surface area contributed by atoms with Gasteiger partial charge in [0.15, 0.2) is 19.7 Å². The molecule has 2 aliphatic heterocycles. The van der Waals surface area contributed by atoms with Crippen LogP contribution < -0.4 is 0 Å². The SMILES string of the molecule is CN([C@H]1CCS(=O)(=O)C1)S(=O)(=O)[C@@H]1CCS(=O)(=O)C1. The first-order chi connectivity index (χ1) is 8.54. The van der Waals surface area contributed by atoms with Gasteiger partial charge >= 0.3 is 0 Å². The summed E-state index contributed by atoms with van der Waals surface area (Å²) >= 11 is 0. The Balaban J connectivity index is 2.17. The van der Waals surface area contributed by atoms with E-state index in [1.165, 1.54) is 7.05 Å². The number of hydrogen-bond donors (Lipinski definition) is 0. The molecule has 0 amide bonds. The average molecular weight is 331 g/mol. The highest BCUT2D eigenvalue weighted by atomic mass is 32.2. The van der Waals surface area contributed by atoms with Crippen LogP contribution in [0.15, 0.2) is 0 Å². The summed E-state index contributed by atoms with van der Waals surface area (Å²) in [5.74, 6) is -0.671.